The summed E-state index contributed by atoms with van der Waals surface area (Å²) in [6.45, 7) is 5.75. The Balaban J connectivity index is 0.825. The summed E-state index contributed by atoms with van der Waals surface area (Å²) >= 11 is 0. The minimum absolute atomic E-state index is 0.356. The normalized spacial score (nSPS) is 13.0. The molecule has 21 aromatic rings. The van der Waals surface area contributed by atoms with Crippen LogP contribution < -0.4 is 78.2 Å². The standard InChI is InChI=1S/C130H89B3N4O2/c1-130(2,3)100-80-113-121-114(81-100)137(127-105(94-52-30-12-31-53-94)58-35-59-106(127)95-54-32-13-33-55-95)118-83-117-124-129(125(118)132(121)107-72-64-98(88-44-22-8-23-45-88)78-112(107)136(113)126-103(92-48-26-10-27-49-92)56-34-57-104(126)93-50-28-11-29-51-93)139-120-79-99(89-46-24-9-25-47-89)65-73-108(120)133(124)123-116(135(117)102-70-62-91(63-71-102)85-38-16-5-17-39-85)82-115-122-128(123)138-119-75-67-97(87-42-20-7-21-43-87)77-110(119)131(122)109-76-96(86-40-18-6-19-41-86)66-74-111(109)134(115)101-68-60-90(61-69-101)84-36-14-4-15-37-84/h4-83H,1-3H3. The average Bonchev–Trinajstić information content (AvgIpc) is 0.665. The minimum Gasteiger partial charge on any atom is -0.459 e. The lowest BCUT2D eigenvalue weighted by Gasteiger charge is -2.49. The van der Waals surface area contributed by atoms with Crippen molar-refractivity contribution < 1.29 is 9.47 Å². The second-order valence-corrected chi connectivity index (χ2v) is 38.4. The summed E-state index contributed by atoms with van der Waals surface area (Å²) in [6, 6.07) is 181. The first-order valence-electron chi connectivity index (χ1n) is 48.3. The number of hydrogen-bond donors (Lipinski definition) is 0. The number of hydrogen-bond acceptors (Lipinski definition) is 6. The summed E-state index contributed by atoms with van der Waals surface area (Å²) in [5.74, 6) is 3.18. The molecule has 0 N–H and O–H groups in total. The molecule has 9 heteroatoms. The van der Waals surface area contributed by atoms with E-state index in [0.717, 1.165) is 246 Å². The van der Waals surface area contributed by atoms with Crippen LogP contribution in [0.3, 0.4) is 0 Å². The topological polar surface area (TPSA) is 31.4 Å². The summed E-state index contributed by atoms with van der Waals surface area (Å²) in [6.07, 6.45) is 0. The number of benzene rings is 21. The number of ether oxygens (including phenoxy) is 2. The van der Waals surface area contributed by atoms with E-state index in [0.29, 0.717) is 0 Å². The molecule has 0 amide bonds. The quantitative estimate of drug-likeness (QED) is 0.101. The Morgan fingerprint density at radius 1 is 0.180 bits per heavy atom. The third kappa shape index (κ3) is 13.3. The highest BCUT2D eigenvalue weighted by Gasteiger charge is 2.55. The van der Waals surface area contributed by atoms with Gasteiger partial charge in [0.2, 0.25) is 0 Å². The number of para-hydroxylation sites is 2. The monoisotopic (exact) mass is 1770 g/mol. The number of fused-ring (bicyclic) bond motifs is 14. The first-order valence-corrected chi connectivity index (χ1v) is 48.3. The summed E-state index contributed by atoms with van der Waals surface area (Å²) in [5.41, 5.74) is 45.1. The van der Waals surface area contributed by atoms with E-state index in [-0.39, 0.29) is 6.71 Å². The van der Waals surface area contributed by atoms with Crippen LogP contribution in [0, 0.1) is 0 Å². The zero-order valence-electron chi connectivity index (χ0n) is 77.0. The van der Waals surface area contributed by atoms with Crippen molar-refractivity contribution in [3.05, 3.63) is 491 Å². The molecule has 139 heavy (non-hydrogen) atoms. The van der Waals surface area contributed by atoms with Gasteiger partial charge in [-0.15, -0.1) is 0 Å². The average molecular weight is 1770 g/mol. The molecule has 6 aliphatic heterocycles. The van der Waals surface area contributed by atoms with Crippen molar-refractivity contribution in [2.45, 2.75) is 26.2 Å². The fourth-order valence-electron chi connectivity index (χ4n) is 23.1. The highest BCUT2D eigenvalue weighted by Crippen LogP contribution is 2.58. The predicted molar refractivity (Wildman–Crippen MR) is 585 cm³/mol. The van der Waals surface area contributed by atoms with Gasteiger partial charge >= 0.3 is 0 Å². The maximum atomic E-state index is 8.77. The second kappa shape index (κ2) is 32.7. The molecule has 6 heterocycles. The fraction of sp³-hybridized carbons (Fsp3) is 0.0308. The lowest BCUT2D eigenvalue weighted by atomic mass is 9.28. The van der Waals surface area contributed by atoms with Gasteiger partial charge < -0.3 is 29.1 Å². The van der Waals surface area contributed by atoms with Crippen LogP contribution in [0.5, 0.6) is 23.0 Å². The smallest absolute Gasteiger partial charge is 0.261 e. The molecule has 21 aromatic carbocycles. The summed E-state index contributed by atoms with van der Waals surface area (Å²) < 4.78 is 17.2. The lowest BCUT2D eigenvalue weighted by molar-refractivity contribution is 0.488. The zero-order valence-corrected chi connectivity index (χ0v) is 77.0. The Kier molecular flexibility index (Phi) is 19.1. The summed E-state index contributed by atoms with van der Waals surface area (Å²) in [7, 11) is 0. The van der Waals surface area contributed by atoms with Crippen LogP contribution >= 0.6 is 0 Å². The summed E-state index contributed by atoms with van der Waals surface area (Å²) in [4.78, 5) is 10.6. The molecule has 0 saturated heterocycles. The molecule has 6 nitrogen and oxygen atoms in total. The van der Waals surface area contributed by atoms with Crippen LogP contribution in [0.2, 0.25) is 0 Å². The van der Waals surface area contributed by atoms with Gasteiger partial charge in [0.15, 0.2) is 0 Å². The first-order chi connectivity index (χ1) is 68.6. The van der Waals surface area contributed by atoms with Crippen molar-refractivity contribution in [2.75, 3.05) is 19.6 Å². The van der Waals surface area contributed by atoms with Gasteiger partial charge in [0.25, 0.3) is 20.1 Å². The van der Waals surface area contributed by atoms with E-state index in [2.05, 4.69) is 526 Å². The van der Waals surface area contributed by atoms with Crippen LogP contribution in [0.25, 0.3) is 111 Å². The van der Waals surface area contributed by atoms with Crippen molar-refractivity contribution in [2.24, 2.45) is 0 Å². The molecule has 0 atom stereocenters. The molecule has 0 fully saturated rings. The van der Waals surface area contributed by atoms with Crippen LogP contribution in [0.4, 0.5) is 68.2 Å². The molecule has 0 bridgehead atoms. The van der Waals surface area contributed by atoms with Gasteiger partial charge in [-0.1, -0.05) is 433 Å². The van der Waals surface area contributed by atoms with Gasteiger partial charge in [-0.05, 0) is 222 Å². The molecule has 0 aliphatic carbocycles. The third-order valence-corrected chi connectivity index (χ3v) is 29.5. The van der Waals surface area contributed by atoms with Crippen LogP contribution in [0.15, 0.2) is 485 Å². The predicted octanol–water partition coefficient (Wildman–Crippen LogP) is 28.5. The fourth-order valence-corrected chi connectivity index (χ4v) is 23.1. The van der Waals surface area contributed by atoms with Gasteiger partial charge in [0.1, 0.15) is 23.0 Å². The molecule has 0 radical (unpaired) electrons. The minimum atomic E-state index is -0.555. The molecule has 0 aromatic heterocycles. The van der Waals surface area contributed by atoms with Gasteiger partial charge in [0, 0.05) is 79.1 Å². The largest absolute Gasteiger partial charge is 0.459 e. The van der Waals surface area contributed by atoms with Gasteiger partial charge in [-0.2, -0.15) is 0 Å². The molecular weight excluding hydrogens is 1680 g/mol. The Bertz CT molecular complexity index is 8330. The van der Waals surface area contributed by atoms with E-state index in [4.69, 9.17) is 9.47 Å². The third-order valence-electron chi connectivity index (χ3n) is 29.5. The van der Waals surface area contributed by atoms with Crippen molar-refractivity contribution in [3.8, 4) is 134 Å². The van der Waals surface area contributed by atoms with Gasteiger partial charge in [-0.3, -0.25) is 0 Å². The molecular formula is C130H89B3N4O2. The number of nitrogens with zero attached hydrogens (tertiary/aromatic N) is 4. The molecule has 0 spiro atoms. The summed E-state index contributed by atoms with van der Waals surface area (Å²) in [5, 5.41) is 0. The zero-order chi connectivity index (χ0) is 92.1. The van der Waals surface area contributed by atoms with E-state index in [9.17, 15) is 0 Å². The van der Waals surface area contributed by atoms with Crippen molar-refractivity contribution in [1.29, 1.82) is 0 Å². The van der Waals surface area contributed by atoms with E-state index in [1.807, 2.05) is 0 Å². The van der Waals surface area contributed by atoms with Crippen molar-refractivity contribution >= 4 is 138 Å². The molecule has 0 unspecified atom stereocenters. The van der Waals surface area contributed by atoms with Gasteiger partial charge in [-0.25, -0.2) is 0 Å². The first kappa shape index (κ1) is 81.2. The molecule has 650 valence electrons. The highest BCUT2D eigenvalue weighted by atomic mass is 16.5. The SMILES string of the molecule is CC(C)(C)c1cc2c3c(c1)N(c1c(-c4ccccc4)cccc1-c1ccccc1)c1cc4c5c(c1B3c1ccc(-c3ccccc3)cc1N2c1c(-c2ccccc2)cccc1-c1ccccc1)Oc1cc(-c2ccccc2)ccc1B5c1c(cc2c3c1Oc1ccc(-c5ccccc5)cc1B3c1cc(-c3ccccc3)ccc1N2c1ccc(-c2ccccc2)cc1)N4c1ccc(-c2ccccc2)cc1. The van der Waals surface area contributed by atoms with Crippen molar-refractivity contribution in [1.82, 2.24) is 0 Å². The Morgan fingerprint density at radius 2 is 0.468 bits per heavy atom. The van der Waals surface area contributed by atoms with E-state index < -0.39 is 18.8 Å². The molecule has 27 rings (SSSR count). The van der Waals surface area contributed by atoms with Crippen LogP contribution in [-0.4, -0.2) is 20.1 Å². The second-order valence-electron chi connectivity index (χ2n) is 38.4. The molecule has 6 aliphatic rings. The Morgan fingerprint density at radius 3 is 0.871 bits per heavy atom. The Labute approximate surface area is 812 Å². The lowest BCUT2D eigenvalue weighted by Crippen LogP contribution is -2.67. The van der Waals surface area contributed by atoms with E-state index in [1.165, 1.54) is 11.0 Å². The number of rotatable bonds is 14. The van der Waals surface area contributed by atoms with Crippen LogP contribution in [-0.2, 0) is 5.41 Å². The van der Waals surface area contributed by atoms with Crippen molar-refractivity contribution in [3.63, 3.8) is 0 Å². The maximum absolute atomic E-state index is 8.77. The van der Waals surface area contributed by atoms with E-state index in [1.54, 1.807) is 0 Å². The molecule has 0 saturated carbocycles. The highest BCUT2D eigenvalue weighted by molar-refractivity contribution is 7.05. The number of anilines is 12. The van der Waals surface area contributed by atoms with Crippen LogP contribution in [0.1, 0.15) is 26.3 Å². The van der Waals surface area contributed by atoms with E-state index >= 15 is 0 Å². The Hall–Kier alpha value is -17.4. The maximum Gasteiger partial charge on any atom is 0.261 e. The van der Waals surface area contributed by atoms with Gasteiger partial charge in [0.05, 0.1) is 11.4 Å².